The van der Waals surface area contributed by atoms with E-state index < -0.39 is 21.2 Å². The Bertz CT molecular complexity index is 258. The van der Waals surface area contributed by atoms with Crippen LogP contribution in [-0.2, 0) is 17.1 Å². The number of rotatable bonds is 1. The predicted molar refractivity (Wildman–Crippen MR) is 48.8 cm³/mol. The van der Waals surface area contributed by atoms with E-state index in [9.17, 15) is 10.1 Å². The molecule has 1 radical (unpaired) electrons. The van der Waals surface area contributed by atoms with Crippen molar-refractivity contribution in [2.24, 2.45) is 11.7 Å². The van der Waals surface area contributed by atoms with Crippen LogP contribution in [0.4, 0.5) is 0 Å². The molecule has 6 N–H and O–H groups in total. The molecule has 0 aromatic rings. The van der Waals surface area contributed by atoms with E-state index in [0.29, 0.717) is 5.12 Å². The molecule has 0 rings (SSSR count). The number of nitrogens with two attached hydrogens (primary N) is 2. The minimum absolute atomic E-state index is 0. The average molecular weight is 322 g/mol. The molecule has 109 valence electrons. The first kappa shape index (κ1) is 24.6. The van der Waals surface area contributed by atoms with Crippen molar-refractivity contribution >= 4 is 5.96 Å². The van der Waals surface area contributed by atoms with Crippen molar-refractivity contribution in [2.75, 3.05) is 0 Å². The number of nitro groups is 1. The molecule has 0 atom stereocenters. The first-order valence-electron chi connectivity index (χ1n) is 2.92. The van der Waals surface area contributed by atoms with Gasteiger partial charge in [0, 0.05) is 0 Å². The molecule has 0 aromatic carbocycles. The molecule has 17 heteroatoms. The van der Waals surface area contributed by atoms with Crippen molar-refractivity contribution < 1.29 is 32.3 Å². The third kappa shape index (κ3) is 69.6. The Morgan fingerprint density at radius 2 is 1.22 bits per heavy atom. The van der Waals surface area contributed by atoms with Crippen LogP contribution in [0.3, 0.4) is 0 Å². The molecule has 18 heavy (non-hydrogen) atoms. The van der Waals surface area contributed by atoms with Crippen LogP contribution in [0.15, 0.2) is 0 Å². The molecule has 0 bridgehead atoms. The summed E-state index contributed by atoms with van der Waals surface area (Å²) in [4.78, 5) is 26.0. The summed E-state index contributed by atoms with van der Waals surface area (Å²) < 4.78 is 0. The summed E-state index contributed by atoms with van der Waals surface area (Å²) in [7, 11) is 0. The van der Waals surface area contributed by atoms with Gasteiger partial charge in [-0.25, -0.2) is 26.9 Å². The van der Waals surface area contributed by atoms with Gasteiger partial charge >= 0.3 is 17.1 Å². The second kappa shape index (κ2) is 14.5. The smallest absolute Gasteiger partial charge is 0.356 e. The number of hydrazine groups is 3. The molecule has 16 nitrogen and oxygen atoms in total. The molecular formula is CH6CuN8O8. The van der Waals surface area contributed by atoms with E-state index in [1.165, 1.54) is 5.43 Å². The van der Waals surface area contributed by atoms with Gasteiger partial charge in [0.15, 0.2) is 5.03 Å². The van der Waals surface area contributed by atoms with Crippen LogP contribution in [0.25, 0.3) is 0 Å². The van der Waals surface area contributed by atoms with Crippen LogP contribution in [0.2, 0.25) is 0 Å². The van der Waals surface area contributed by atoms with Crippen LogP contribution < -0.4 is 17.1 Å². The van der Waals surface area contributed by atoms with Crippen LogP contribution in [0.5, 0.6) is 0 Å². The molecule has 0 unspecified atom stereocenters. The minimum atomic E-state index is -1.75. The van der Waals surface area contributed by atoms with Crippen LogP contribution >= 0.6 is 0 Å². The zero-order valence-electron chi connectivity index (χ0n) is 8.01. The number of nitrogens with one attached hydrogen (secondary N) is 2. The quantitative estimate of drug-likeness (QED) is 0.0956. The fourth-order valence-corrected chi connectivity index (χ4v) is 0.144. The van der Waals surface area contributed by atoms with Gasteiger partial charge < -0.3 is 30.6 Å². The number of nitrogens with zero attached hydrogens (tertiary/aromatic N) is 4. The van der Waals surface area contributed by atoms with Gasteiger partial charge in [-0.3, -0.25) is 5.41 Å². The van der Waals surface area contributed by atoms with Gasteiger partial charge in [0.2, 0.25) is 0 Å². The maximum Gasteiger partial charge on any atom is 2.00 e. The molecule has 0 fully saturated rings. The molecule has 0 aliphatic heterocycles. The van der Waals surface area contributed by atoms with Crippen LogP contribution in [0.1, 0.15) is 0 Å². The Morgan fingerprint density at radius 3 is 1.28 bits per heavy atom. The zero-order chi connectivity index (χ0) is 14.6. The topological polar surface area (TPSA) is 267 Å². The van der Waals surface area contributed by atoms with E-state index in [-0.39, 0.29) is 17.1 Å². The monoisotopic (exact) mass is 321 g/mol. The summed E-state index contributed by atoms with van der Waals surface area (Å²) in [5.74, 6) is 8.73. The first-order chi connectivity index (χ1) is 7.50. The van der Waals surface area contributed by atoms with Crippen molar-refractivity contribution in [3.05, 3.63) is 40.8 Å². The Kier molecular flexibility index (Phi) is 19.9. The second-order valence-corrected chi connectivity index (χ2v) is 1.57. The first-order valence-corrected chi connectivity index (χ1v) is 2.92. The third-order valence-corrected chi connectivity index (χ3v) is 0.455. The van der Waals surface area contributed by atoms with Crippen molar-refractivity contribution in [1.29, 1.82) is 5.41 Å². The van der Waals surface area contributed by atoms with Crippen molar-refractivity contribution in [1.82, 2.24) is 10.5 Å². The standard InChI is InChI=1S/CH6N6O2.Cu.2NO3/c2-1(6(3)4)5-7(8)9;;2*2-1(3)4/h3-4H2,(H2,2,5);;;/q;+2;2*-1. The number of guanidine groups is 1. The van der Waals surface area contributed by atoms with Gasteiger partial charge in [0.05, 0.1) is 10.2 Å². The number of hydrogen-bond acceptors (Lipinski definition) is 11. The molecule has 0 aromatic heterocycles. The van der Waals surface area contributed by atoms with Gasteiger partial charge in [-0.2, -0.15) is 0 Å². The summed E-state index contributed by atoms with van der Waals surface area (Å²) in [6.07, 6.45) is 0. The SMILES string of the molecule is N=C(N[N+](=O)[O-])N(N)N.O=[N+]([O-])[O-].O=[N+]([O-])[O-].[Cu+2]. The predicted octanol–water partition coefficient (Wildman–Crippen LogP) is -2.73. The Morgan fingerprint density at radius 1 is 1.00 bits per heavy atom. The van der Waals surface area contributed by atoms with E-state index in [1.54, 1.807) is 0 Å². The minimum Gasteiger partial charge on any atom is -0.356 e. The maximum atomic E-state index is 9.53. The third-order valence-electron chi connectivity index (χ3n) is 0.455. The van der Waals surface area contributed by atoms with E-state index in [1.807, 2.05) is 0 Å². The molecule has 0 aliphatic rings. The van der Waals surface area contributed by atoms with E-state index >= 15 is 0 Å². The zero-order valence-corrected chi connectivity index (χ0v) is 8.95. The van der Waals surface area contributed by atoms with Gasteiger partial charge in [-0.15, -0.1) is 0 Å². The molecule has 0 spiro atoms. The molecule has 0 amide bonds. The van der Waals surface area contributed by atoms with Crippen LogP contribution in [0, 0.1) is 46.2 Å². The van der Waals surface area contributed by atoms with E-state index in [2.05, 4.69) is 0 Å². The van der Waals surface area contributed by atoms with E-state index in [4.69, 9.17) is 47.7 Å². The summed E-state index contributed by atoms with van der Waals surface area (Å²) in [5.41, 5.74) is 1.42. The Labute approximate surface area is 107 Å². The fourth-order valence-electron chi connectivity index (χ4n) is 0.144. The molecule has 0 saturated heterocycles. The van der Waals surface area contributed by atoms with Gasteiger partial charge in [-0.05, 0) is 0 Å². The van der Waals surface area contributed by atoms with Gasteiger partial charge in [-0.1, -0.05) is 5.43 Å². The Hall–Kier alpha value is -2.49. The fraction of sp³-hybridized carbons (Fsp3) is 0. The van der Waals surface area contributed by atoms with Crippen molar-refractivity contribution in [3.8, 4) is 0 Å². The largest absolute Gasteiger partial charge is 2.00 e. The Balaban J connectivity index is -0.0000000922. The summed E-state index contributed by atoms with van der Waals surface area (Å²) >= 11 is 0. The summed E-state index contributed by atoms with van der Waals surface area (Å²) in [6.45, 7) is 0. The molecule has 0 saturated carbocycles. The van der Waals surface area contributed by atoms with Crippen LogP contribution in [-0.4, -0.2) is 26.3 Å². The van der Waals surface area contributed by atoms with Crippen molar-refractivity contribution in [2.45, 2.75) is 0 Å². The number of hydrogen-bond donors (Lipinski definition) is 4. The summed E-state index contributed by atoms with van der Waals surface area (Å²) in [6, 6.07) is 0. The molecule has 0 aliphatic carbocycles. The molecular weight excluding hydrogens is 316 g/mol. The van der Waals surface area contributed by atoms with E-state index in [0.717, 1.165) is 0 Å². The average Bonchev–Trinajstić information content (AvgIpc) is 1.99. The normalized spacial score (nSPS) is 6.78. The second-order valence-electron chi connectivity index (χ2n) is 1.57. The maximum absolute atomic E-state index is 9.53. The van der Waals surface area contributed by atoms with Gasteiger partial charge in [0.25, 0.3) is 5.96 Å². The molecule has 0 heterocycles. The van der Waals surface area contributed by atoms with Gasteiger partial charge in [0.1, 0.15) is 0 Å². The van der Waals surface area contributed by atoms with Crippen molar-refractivity contribution in [3.63, 3.8) is 0 Å². The summed E-state index contributed by atoms with van der Waals surface area (Å²) in [5, 5.41) is 45.0.